The van der Waals surface area contributed by atoms with Crippen molar-refractivity contribution in [3.63, 3.8) is 0 Å². The third-order valence-corrected chi connectivity index (χ3v) is 6.48. The van der Waals surface area contributed by atoms with Gasteiger partial charge in [0.05, 0.1) is 12.5 Å². The molecule has 6 nitrogen and oxygen atoms in total. The van der Waals surface area contributed by atoms with Crippen molar-refractivity contribution in [2.24, 2.45) is 5.73 Å². The Bertz CT molecular complexity index is 1190. The minimum absolute atomic E-state index is 0.0222. The van der Waals surface area contributed by atoms with Crippen LogP contribution in [0, 0.1) is 18.3 Å². The fourth-order valence-electron chi connectivity index (χ4n) is 4.17. The Hall–Kier alpha value is -3.24. The van der Waals surface area contributed by atoms with E-state index in [9.17, 15) is 10.1 Å². The Morgan fingerprint density at radius 1 is 1.18 bits per heavy atom. The second-order valence-electron chi connectivity index (χ2n) is 8.07. The van der Waals surface area contributed by atoms with E-state index in [1.165, 1.54) is 5.56 Å². The van der Waals surface area contributed by atoms with Crippen LogP contribution in [-0.2, 0) is 16.1 Å². The van der Waals surface area contributed by atoms with E-state index in [4.69, 9.17) is 19.9 Å². The van der Waals surface area contributed by atoms with Gasteiger partial charge in [-0.15, -0.1) is 0 Å². The summed E-state index contributed by atoms with van der Waals surface area (Å²) in [7, 11) is 0. The number of halogens is 1. The first kappa shape index (κ1) is 22.9. The summed E-state index contributed by atoms with van der Waals surface area (Å²) in [4.78, 5) is 12.9. The molecule has 0 aromatic heterocycles. The molecule has 0 saturated heterocycles. The number of hydrogen-bond donors (Lipinski definition) is 1. The van der Waals surface area contributed by atoms with Gasteiger partial charge < -0.3 is 19.9 Å². The molecule has 2 N–H and O–H groups in total. The van der Waals surface area contributed by atoms with Gasteiger partial charge in [0.25, 0.3) is 0 Å². The average Bonchev–Trinajstić information content (AvgIpc) is 2.79. The monoisotopic (exact) mass is 508 g/mol. The molecule has 7 heteroatoms. The number of aryl methyl sites for hydroxylation is 1. The number of ether oxygens (including phenoxy) is 3. The lowest BCUT2D eigenvalue weighted by Gasteiger charge is -2.31. The topological polar surface area (TPSA) is 94.6 Å². The number of carbonyl (C=O) groups excluding carboxylic acids is 1. The summed E-state index contributed by atoms with van der Waals surface area (Å²) >= 11 is 3.63. The fraction of sp³-hybridized carbons (Fsp3) is 0.308. The van der Waals surface area contributed by atoms with Crippen LogP contribution in [0.15, 0.2) is 63.7 Å². The maximum absolute atomic E-state index is 12.9. The first-order valence-corrected chi connectivity index (χ1v) is 11.7. The molecule has 2 aromatic carbocycles. The van der Waals surface area contributed by atoms with Gasteiger partial charge in [-0.3, -0.25) is 4.79 Å². The Labute approximate surface area is 201 Å². The van der Waals surface area contributed by atoms with Crippen molar-refractivity contribution in [3.8, 4) is 17.6 Å². The molecule has 0 fully saturated rings. The highest BCUT2D eigenvalue weighted by Gasteiger charge is 2.39. The van der Waals surface area contributed by atoms with Gasteiger partial charge >= 0.3 is 0 Å². The van der Waals surface area contributed by atoms with Gasteiger partial charge in [-0.1, -0.05) is 45.8 Å². The molecule has 2 aliphatic rings. The van der Waals surface area contributed by atoms with Gasteiger partial charge in [-0.05, 0) is 43.5 Å². The third kappa shape index (κ3) is 4.62. The van der Waals surface area contributed by atoms with Gasteiger partial charge in [0.2, 0.25) is 5.88 Å². The van der Waals surface area contributed by atoms with Gasteiger partial charge in [-0.25, -0.2) is 0 Å². The maximum Gasteiger partial charge on any atom is 0.205 e. The van der Waals surface area contributed by atoms with Crippen LogP contribution in [0.25, 0.3) is 0 Å². The summed E-state index contributed by atoms with van der Waals surface area (Å²) in [5.74, 6) is 1.06. The summed E-state index contributed by atoms with van der Waals surface area (Å²) in [6, 6.07) is 13.9. The minimum Gasteiger partial charge on any atom is -0.490 e. The van der Waals surface area contributed by atoms with Crippen molar-refractivity contribution in [2.45, 2.75) is 45.6 Å². The molecule has 1 atom stereocenters. The third-order valence-electron chi connectivity index (χ3n) is 5.79. The van der Waals surface area contributed by atoms with Crippen molar-refractivity contribution in [1.82, 2.24) is 0 Å². The molecule has 33 heavy (non-hydrogen) atoms. The SMILES string of the molecule is CCOc1cc([C@@H]2C(C#N)=C(N)OC3=C2C(=O)CCC3)c(Br)cc1OCc1ccc(C)cc1. The minimum atomic E-state index is -0.619. The van der Waals surface area contributed by atoms with Gasteiger partial charge in [0, 0.05) is 22.9 Å². The lowest BCUT2D eigenvalue weighted by Crippen LogP contribution is -2.27. The first-order chi connectivity index (χ1) is 15.9. The van der Waals surface area contributed by atoms with E-state index in [1.54, 1.807) is 0 Å². The van der Waals surface area contributed by atoms with Crippen LogP contribution in [0.1, 0.15) is 48.8 Å². The maximum atomic E-state index is 12.9. The highest BCUT2D eigenvalue weighted by Crippen LogP contribution is 2.47. The Morgan fingerprint density at radius 3 is 2.61 bits per heavy atom. The summed E-state index contributed by atoms with van der Waals surface area (Å²) < 4.78 is 18.3. The normalized spacial score (nSPS) is 17.9. The van der Waals surface area contributed by atoms with Crippen molar-refractivity contribution in [2.75, 3.05) is 6.61 Å². The van der Waals surface area contributed by atoms with Crippen LogP contribution >= 0.6 is 15.9 Å². The molecule has 4 rings (SSSR count). The number of rotatable bonds is 6. The van der Waals surface area contributed by atoms with Crippen LogP contribution in [0.5, 0.6) is 11.5 Å². The largest absolute Gasteiger partial charge is 0.490 e. The summed E-state index contributed by atoms with van der Waals surface area (Å²) in [5, 5.41) is 9.84. The van der Waals surface area contributed by atoms with E-state index in [0.29, 0.717) is 65.3 Å². The number of ketones is 1. The molecule has 1 aliphatic heterocycles. The van der Waals surface area contributed by atoms with Gasteiger partial charge in [-0.2, -0.15) is 5.26 Å². The molecular formula is C26H25BrN2O4. The quantitative estimate of drug-likeness (QED) is 0.549. The van der Waals surface area contributed by atoms with E-state index >= 15 is 0 Å². The van der Waals surface area contributed by atoms with Crippen LogP contribution in [-0.4, -0.2) is 12.4 Å². The van der Waals surface area contributed by atoms with E-state index < -0.39 is 5.92 Å². The summed E-state index contributed by atoms with van der Waals surface area (Å²) in [5.41, 5.74) is 9.75. The molecule has 0 bridgehead atoms. The second-order valence-corrected chi connectivity index (χ2v) is 8.92. The molecule has 1 aliphatic carbocycles. The van der Waals surface area contributed by atoms with Crippen molar-refractivity contribution >= 4 is 21.7 Å². The van der Waals surface area contributed by atoms with E-state index in [2.05, 4.69) is 22.0 Å². The number of nitrogens with two attached hydrogens (primary N) is 1. The molecule has 1 heterocycles. The molecule has 0 radical (unpaired) electrons. The van der Waals surface area contributed by atoms with Crippen LogP contribution in [0.4, 0.5) is 0 Å². The number of carbonyl (C=O) groups is 1. The van der Waals surface area contributed by atoms with Gasteiger partial charge in [0.15, 0.2) is 17.3 Å². The van der Waals surface area contributed by atoms with Crippen LogP contribution in [0.2, 0.25) is 0 Å². The Kier molecular flexibility index (Phi) is 6.75. The predicted octanol–water partition coefficient (Wildman–Crippen LogP) is 5.55. The smallest absolute Gasteiger partial charge is 0.205 e. The lowest BCUT2D eigenvalue weighted by atomic mass is 9.77. The zero-order chi connectivity index (χ0) is 23.5. The van der Waals surface area contributed by atoms with Crippen molar-refractivity contribution in [1.29, 1.82) is 5.26 Å². The van der Waals surface area contributed by atoms with E-state index in [0.717, 1.165) is 5.56 Å². The molecule has 0 spiro atoms. The molecular weight excluding hydrogens is 484 g/mol. The molecule has 2 aromatic rings. The average molecular weight is 509 g/mol. The highest BCUT2D eigenvalue weighted by atomic mass is 79.9. The molecule has 0 amide bonds. The Balaban J connectivity index is 1.75. The number of nitriles is 1. The number of hydrogen-bond acceptors (Lipinski definition) is 6. The summed E-state index contributed by atoms with van der Waals surface area (Å²) in [6.45, 7) is 4.75. The van der Waals surface area contributed by atoms with E-state index in [-0.39, 0.29) is 17.2 Å². The number of nitrogens with zero attached hydrogens (tertiary/aromatic N) is 1. The van der Waals surface area contributed by atoms with Gasteiger partial charge in [0.1, 0.15) is 24.0 Å². The zero-order valence-corrected chi connectivity index (χ0v) is 20.2. The van der Waals surface area contributed by atoms with E-state index in [1.807, 2.05) is 50.2 Å². The van der Waals surface area contributed by atoms with Crippen LogP contribution < -0.4 is 15.2 Å². The fourth-order valence-corrected chi connectivity index (χ4v) is 4.72. The second kappa shape index (κ2) is 9.72. The lowest BCUT2D eigenvalue weighted by molar-refractivity contribution is -0.116. The van der Waals surface area contributed by atoms with Crippen LogP contribution in [0.3, 0.4) is 0 Å². The molecule has 0 unspecified atom stereocenters. The standard InChI is InChI=1S/C26H25BrN2O4/c1-3-31-22-11-17(19(27)12-23(22)32-14-16-9-7-15(2)8-10-16)24-18(13-28)26(29)33-21-6-4-5-20(30)25(21)24/h7-12,24H,3-6,14,29H2,1-2H3/t24-/m1/s1. The number of Topliss-reactive ketones (excluding diaryl/α,β-unsaturated/α-hetero) is 1. The summed E-state index contributed by atoms with van der Waals surface area (Å²) in [6.07, 6.45) is 1.74. The predicted molar refractivity (Wildman–Crippen MR) is 127 cm³/mol. The number of benzene rings is 2. The molecule has 170 valence electrons. The highest BCUT2D eigenvalue weighted by molar-refractivity contribution is 9.10. The molecule has 0 saturated carbocycles. The Morgan fingerprint density at radius 2 is 1.91 bits per heavy atom. The van der Waals surface area contributed by atoms with Crippen molar-refractivity contribution < 1.29 is 19.0 Å². The number of allylic oxidation sites excluding steroid dienone is 3. The first-order valence-electron chi connectivity index (χ1n) is 10.9. The van der Waals surface area contributed by atoms with Crippen molar-refractivity contribution in [3.05, 3.63) is 80.3 Å². The zero-order valence-electron chi connectivity index (χ0n) is 18.6.